The van der Waals surface area contributed by atoms with Crippen LogP contribution in [-0.2, 0) is 27.3 Å². The van der Waals surface area contributed by atoms with Crippen molar-refractivity contribution in [2.45, 2.75) is 69.7 Å². The first-order valence-corrected chi connectivity index (χ1v) is 20.0. The highest BCUT2D eigenvalue weighted by atomic mass is 16.3. The number of aromatic nitrogens is 2. The Morgan fingerprint density at radius 1 is 0.897 bits per heavy atom. The second-order valence-electron chi connectivity index (χ2n) is 15.3. The summed E-state index contributed by atoms with van der Waals surface area (Å²) in [5.74, 6) is -1.99. The summed E-state index contributed by atoms with van der Waals surface area (Å²) in [6.45, 7) is 5.55. The molecule has 2 fully saturated rings. The molecule has 17 nitrogen and oxygen atoms in total. The fraction of sp³-hybridized carbons (Fsp3) is 0.463. The van der Waals surface area contributed by atoms with E-state index in [0.29, 0.717) is 50.5 Å². The van der Waals surface area contributed by atoms with E-state index in [0.717, 1.165) is 50.3 Å². The number of carbonyl (C=O) groups excluding carboxylic acids is 6. The lowest BCUT2D eigenvalue weighted by Crippen LogP contribution is -2.56. The van der Waals surface area contributed by atoms with E-state index in [1.165, 1.54) is 17.5 Å². The van der Waals surface area contributed by atoms with E-state index in [-0.39, 0.29) is 54.1 Å². The number of anilines is 2. The molecule has 1 unspecified atom stereocenters. The van der Waals surface area contributed by atoms with Crippen molar-refractivity contribution in [2.24, 2.45) is 0 Å². The smallest absolute Gasteiger partial charge is 0.270 e. The van der Waals surface area contributed by atoms with Crippen LogP contribution in [0.15, 0.2) is 54.9 Å². The molecule has 2 atom stereocenters. The standard InChI is InChI=1S/C41H50N10O7/c52-29(24-49-17-14-26-7-3-4-8-27(26)21-49)20-44-38(55)32-19-34(46-25-45-32)47-28-22-50(23-28)18-16-43-35(53)11-2-1-5-15-42-31-10-6-9-30-37(31)41(58)51(40(30)57)33-12-13-36(54)48-39(33)56/h3-4,6-10,19,25,28-29,33,42,52H,1-2,5,11-18,20-24H2,(H,43,53)(H,44,55)(H,45,46,47)(H,48,54,56)/t29-,33?/m0/s1. The summed E-state index contributed by atoms with van der Waals surface area (Å²) < 4.78 is 0. The average molecular weight is 795 g/mol. The Hall–Kier alpha value is -5.78. The number of fused-ring (bicyclic) bond motifs is 2. The number of carbonyl (C=O) groups is 6. The second kappa shape index (κ2) is 18.7. The Bertz CT molecular complexity index is 2040. The van der Waals surface area contributed by atoms with Gasteiger partial charge < -0.3 is 26.4 Å². The summed E-state index contributed by atoms with van der Waals surface area (Å²) in [6, 6.07) is 14.0. The van der Waals surface area contributed by atoms with Crippen molar-refractivity contribution in [2.75, 3.05) is 63.0 Å². The van der Waals surface area contributed by atoms with Gasteiger partial charge in [-0.1, -0.05) is 36.8 Å². The molecule has 4 aliphatic heterocycles. The molecular formula is C41H50N10O7. The van der Waals surface area contributed by atoms with Crippen LogP contribution in [0.2, 0.25) is 0 Å². The van der Waals surface area contributed by atoms with Crippen LogP contribution in [0.25, 0.3) is 0 Å². The van der Waals surface area contributed by atoms with Gasteiger partial charge in [-0.05, 0) is 48.9 Å². The molecular weight excluding hydrogens is 745 g/mol. The van der Waals surface area contributed by atoms with Gasteiger partial charge in [-0.25, -0.2) is 9.97 Å². The number of unbranched alkanes of at least 4 members (excludes halogenated alkanes) is 2. The quantitative estimate of drug-likeness (QED) is 0.0781. The van der Waals surface area contributed by atoms with E-state index in [1.54, 1.807) is 24.3 Å². The summed E-state index contributed by atoms with van der Waals surface area (Å²) in [5, 5.41) is 25.1. The van der Waals surface area contributed by atoms with Gasteiger partial charge in [0.05, 0.1) is 23.3 Å². The van der Waals surface area contributed by atoms with Gasteiger partial charge in [0.25, 0.3) is 17.7 Å². The van der Waals surface area contributed by atoms with Gasteiger partial charge in [-0.2, -0.15) is 0 Å². The molecule has 6 amide bonds. The maximum Gasteiger partial charge on any atom is 0.270 e. The zero-order valence-electron chi connectivity index (χ0n) is 32.4. The number of nitrogens with one attached hydrogen (secondary N) is 5. The lowest BCUT2D eigenvalue weighted by molar-refractivity contribution is -0.136. The number of amides is 6. The highest BCUT2D eigenvalue weighted by Gasteiger charge is 2.45. The number of nitrogens with zero attached hydrogens (tertiary/aromatic N) is 5. The topological polar surface area (TPSA) is 218 Å². The Morgan fingerprint density at radius 2 is 1.72 bits per heavy atom. The molecule has 0 bridgehead atoms. The van der Waals surface area contributed by atoms with Crippen LogP contribution in [0.4, 0.5) is 11.5 Å². The van der Waals surface area contributed by atoms with Gasteiger partial charge in [-0.3, -0.25) is 48.8 Å². The number of aliphatic hydroxyl groups is 1. The van der Waals surface area contributed by atoms with Crippen molar-refractivity contribution in [3.8, 4) is 0 Å². The van der Waals surface area contributed by atoms with Crippen molar-refractivity contribution in [1.82, 2.24) is 40.6 Å². The van der Waals surface area contributed by atoms with Crippen molar-refractivity contribution in [1.29, 1.82) is 0 Å². The van der Waals surface area contributed by atoms with E-state index in [9.17, 15) is 33.9 Å². The lowest BCUT2D eigenvalue weighted by atomic mass is 10.00. The van der Waals surface area contributed by atoms with Gasteiger partial charge in [0, 0.05) is 83.5 Å². The average Bonchev–Trinajstić information content (AvgIpc) is 3.46. The molecule has 0 aliphatic carbocycles. The molecule has 0 spiro atoms. The molecule has 17 heteroatoms. The number of imide groups is 2. The summed E-state index contributed by atoms with van der Waals surface area (Å²) >= 11 is 0. The second-order valence-corrected chi connectivity index (χ2v) is 15.3. The van der Waals surface area contributed by atoms with Crippen LogP contribution in [0.1, 0.15) is 80.9 Å². The number of hydrogen-bond acceptors (Lipinski definition) is 13. The normalized spacial score (nSPS) is 18.8. The molecule has 4 aliphatic rings. The zero-order valence-corrected chi connectivity index (χ0v) is 32.4. The lowest BCUT2D eigenvalue weighted by Gasteiger charge is -2.39. The van der Waals surface area contributed by atoms with Crippen molar-refractivity contribution in [3.05, 3.63) is 82.8 Å². The molecule has 7 rings (SSSR count). The Balaban J connectivity index is 0.731. The Morgan fingerprint density at radius 3 is 2.55 bits per heavy atom. The highest BCUT2D eigenvalue weighted by molar-refractivity contribution is 6.25. The van der Waals surface area contributed by atoms with Crippen LogP contribution in [0, 0.1) is 0 Å². The fourth-order valence-corrected chi connectivity index (χ4v) is 7.90. The predicted octanol–water partition coefficient (Wildman–Crippen LogP) is 0.912. The summed E-state index contributed by atoms with van der Waals surface area (Å²) in [7, 11) is 0. The number of likely N-dealkylation sites (tertiary alicyclic amines) is 1. The SMILES string of the molecule is O=C(CCCCCNc1cccc2c1C(=O)N(C1CCC(=O)NC1=O)C2=O)NCCN1CC(Nc2cc(C(=O)NC[C@H](O)CN3CCc4ccccc4C3)ncn2)C1. The number of rotatable bonds is 18. The van der Waals surface area contributed by atoms with E-state index in [1.807, 2.05) is 12.1 Å². The third kappa shape index (κ3) is 9.84. The number of benzene rings is 2. The summed E-state index contributed by atoms with van der Waals surface area (Å²) in [4.78, 5) is 89.2. The van der Waals surface area contributed by atoms with E-state index < -0.39 is 35.8 Å². The van der Waals surface area contributed by atoms with E-state index in [4.69, 9.17) is 0 Å². The first-order valence-electron chi connectivity index (χ1n) is 20.0. The molecule has 5 heterocycles. The largest absolute Gasteiger partial charge is 0.390 e. The van der Waals surface area contributed by atoms with Gasteiger partial charge in [-0.15, -0.1) is 0 Å². The number of β-amino-alcohol motifs (C(OH)–C–C–N with tert-alkyl or cyclic N) is 1. The Kier molecular flexibility index (Phi) is 13.0. The minimum absolute atomic E-state index is 0.0155. The van der Waals surface area contributed by atoms with Crippen LogP contribution in [0.5, 0.6) is 0 Å². The molecule has 0 saturated carbocycles. The first kappa shape index (κ1) is 40.4. The molecule has 2 aromatic carbocycles. The van der Waals surface area contributed by atoms with Crippen molar-refractivity contribution >= 4 is 46.9 Å². The fourth-order valence-electron chi connectivity index (χ4n) is 7.90. The van der Waals surface area contributed by atoms with Crippen LogP contribution in [-0.4, -0.2) is 136 Å². The van der Waals surface area contributed by atoms with E-state index in [2.05, 4.69) is 58.5 Å². The maximum absolute atomic E-state index is 13.3. The molecule has 1 aromatic heterocycles. The van der Waals surface area contributed by atoms with Gasteiger partial charge in [0.15, 0.2) is 0 Å². The molecule has 2 saturated heterocycles. The minimum Gasteiger partial charge on any atom is -0.390 e. The minimum atomic E-state index is -1.02. The van der Waals surface area contributed by atoms with Crippen molar-refractivity contribution < 1.29 is 33.9 Å². The highest BCUT2D eigenvalue weighted by Crippen LogP contribution is 2.32. The predicted molar refractivity (Wildman–Crippen MR) is 213 cm³/mol. The third-order valence-corrected chi connectivity index (χ3v) is 11.0. The van der Waals surface area contributed by atoms with Crippen LogP contribution < -0.4 is 26.6 Å². The third-order valence-electron chi connectivity index (χ3n) is 11.0. The molecule has 6 N–H and O–H groups in total. The summed E-state index contributed by atoms with van der Waals surface area (Å²) in [5.41, 5.74) is 3.82. The van der Waals surface area contributed by atoms with Gasteiger partial charge in [0.2, 0.25) is 17.7 Å². The molecule has 0 radical (unpaired) electrons. The van der Waals surface area contributed by atoms with Crippen molar-refractivity contribution in [3.63, 3.8) is 0 Å². The number of hydrogen-bond donors (Lipinski definition) is 6. The Labute approximate surface area is 336 Å². The van der Waals surface area contributed by atoms with Gasteiger partial charge >= 0.3 is 0 Å². The number of piperidine rings is 1. The first-order chi connectivity index (χ1) is 28.1. The number of aliphatic hydroxyl groups excluding tert-OH is 1. The van der Waals surface area contributed by atoms with Crippen LogP contribution >= 0.6 is 0 Å². The molecule has 306 valence electrons. The van der Waals surface area contributed by atoms with Gasteiger partial charge in [0.1, 0.15) is 23.9 Å². The molecule has 58 heavy (non-hydrogen) atoms. The zero-order chi connectivity index (χ0) is 40.6. The van der Waals surface area contributed by atoms with Crippen LogP contribution in [0.3, 0.4) is 0 Å². The summed E-state index contributed by atoms with van der Waals surface area (Å²) in [6.07, 6.45) is 4.38. The monoisotopic (exact) mass is 794 g/mol. The maximum atomic E-state index is 13.3. The molecule has 3 aromatic rings. The van der Waals surface area contributed by atoms with E-state index >= 15 is 0 Å².